The van der Waals surface area contributed by atoms with E-state index in [1.54, 1.807) is 0 Å². The maximum atomic E-state index is 12.8. The van der Waals surface area contributed by atoms with Crippen molar-refractivity contribution in [3.63, 3.8) is 0 Å². The third kappa shape index (κ3) is 2.85. The standard InChI is InChI=1S/C9H6F4O3/c1-15-8(14)16-5-2-3-7(10)6(4-5)9(11,12)13/h2-4H,1H3. The molecule has 0 aliphatic rings. The van der Waals surface area contributed by atoms with E-state index in [0.29, 0.717) is 12.1 Å². The average Bonchev–Trinajstić information content (AvgIpc) is 2.19. The second-order valence-electron chi connectivity index (χ2n) is 2.70. The summed E-state index contributed by atoms with van der Waals surface area (Å²) in [6.07, 6.45) is -6.03. The van der Waals surface area contributed by atoms with Crippen LogP contribution in [-0.2, 0) is 10.9 Å². The number of carbonyl (C=O) groups excluding carboxylic acids is 1. The number of carbonyl (C=O) groups is 1. The molecular formula is C9H6F4O3. The second-order valence-corrected chi connectivity index (χ2v) is 2.70. The number of hydrogen-bond acceptors (Lipinski definition) is 3. The van der Waals surface area contributed by atoms with Crippen LogP contribution >= 0.6 is 0 Å². The molecule has 0 saturated carbocycles. The molecular weight excluding hydrogens is 232 g/mol. The van der Waals surface area contributed by atoms with Crippen LogP contribution in [0.15, 0.2) is 18.2 Å². The molecule has 88 valence electrons. The Labute approximate surface area is 87.6 Å². The molecule has 0 aliphatic heterocycles. The van der Waals surface area contributed by atoms with Crippen molar-refractivity contribution in [2.45, 2.75) is 6.18 Å². The van der Waals surface area contributed by atoms with Gasteiger partial charge in [0.2, 0.25) is 0 Å². The number of alkyl halides is 3. The Morgan fingerprint density at radius 3 is 2.44 bits per heavy atom. The van der Waals surface area contributed by atoms with Gasteiger partial charge in [-0.15, -0.1) is 0 Å². The van der Waals surface area contributed by atoms with Gasteiger partial charge in [-0.25, -0.2) is 9.18 Å². The third-order valence-electron chi connectivity index (χ3n) is 1.61. The van der Waals surface area contributed by atoms with E-state index in [1.165, 1.54) is 0 Å². The highest BCUT2D eigenvalue weighted by atomic mass is 19.4. The van der Waals surface area contributed by atoms with Gasteiger partial charge in [0.15, 0.2) is 0 Å². The van der Waals surface area contributed by atoms with Crippen molar-refractivity contribution in [2.24, 2.45) is 0 Å². The minimum atomic E-state index is -4.85. The van der Waals surface area contributed by atoms with Gasteiger partial charge in [-0.05, 0) is 18.2 Å². The smallest absolute Gasteiger partial charge is 0.437 e. The highest BCUT2D eigenvalue weighted by Gasteiger charge is 2.34. The molecule has 0 heterocycles. The molecule has 1 rings (SSSR count). The van der Waals surface area contributed by atoms with Gasteiger partial charge < -0.3 is 9.47 Å². The first kappa shape index (κ1) is 12.3. The fraction of sp³-hybridized carbons (Fsp3) is 0.222. The summed E-state index contributed by atoms with van der Waals surface area (Å²) in [5.41, 5.74) is -1.51. The lowest BCUT2D eigenvalue weighted by atomic mass is 10.2. The summed E-state index contributed by atoms with van der Waals surface area (Å²) in [4.78, 5) is 10.6. The highest BCUT2D eigenvalue weighted by molar-refractivity contribution is 5.63. The van der Waals surface area contributed by atoms with E-state index in [4.69, 9.17) is 0 Å². The molecule has 0 aromatic heterocycles. The van der Waals surface area contributed by atoms with Gasteiger partial charge in [-0.1, -0.05) is 0 Å². The molecule has 0 aliphatic carbocycles. The summed E-state index contributed by atoms with van der Waals surface area (Å²) in [7, 11) is 0.997. The fourth-order valence-electron chi connectivity index (χ4n) is 0.923. The van der Waals surface area contributed by atoms with Crippen molar-refractivity contribution >= 4 is 6.16 Å². The van der Waals surface area contributed by atoms with Crippen molar-refractivity contribution in [3.8, 4) is 5.75 Å². The fourth-order valence-corrected chi connectivity index (χ4v) is 0.923. The first-order valence-corrected chi connectivity index (χ1v) is 3.97. The Kier molecular flexibility index (Phi) is 3.36. The Balaban J connectivity index is 3.03. The lowest BCUT2D eigenvalue weighted by Crippen LogP contribution is -2.11. The van der Waals surface area contributed by atoms with Gasteiger partial charge in [-0.2, -0.15) is 13.2 Å². The zero-order valence-corrected chi connectivity index (χ0v) is 7.97. The van der Waals surface area contributed by atoms with Gasteiger partial charge in [0, 0.05) is 0 Å². The average molecular weight is 238 g/mol. The van der Waals surface area contributed by atoms with Crippen LogP contribution in [0.3, 0.4) is 0 Å². The van der Waals surface area contributed by atoms with E-state index >= 15 is 0 Å². The number of benzene rings is 1. The Morgan fingerprint density at radius 2 is 1.94 bits per heavy atom. The molecule has 0 saturated heterocycles. The summed E-state index contributed by atoms with van der Waals surface area (Å²) >= 11 is 0. The van der Waals surface area contributed by atoms with E-state index in [0.717, 1.165) is 13.2 Å². The number of rotatable bonds is 1. The molecule has 1 aromatic rings. The van der Waals surface area contributed by atoms with Crippen molar-refractivity contribution in [3.05, 3.63) is 29.6 Å². The lowest BCUT2D eigenvalue weighted by molar-refractivity contribution is -0.140. The molecule has 16 heavy (non-hydrogen) atoms. The quantitative estimate of drug-likeness (QED) is 0.428. The van der Waals surface area contributed by atoms with Crippen LogP contribution in [0, 0.1) is 5.82 Å². The molecule has 0 fully saturated rings. The highest BCUT2D eigenvalue weighted by Crippen LogP contribution is 2.33. The van der Waals surface area contributed by atoms with Crippen LogP contribution in [0.2, 0.25) is 0 Å². The maximum Gasteiger partial charge on any atom is 0.513 e. The summed E-state index contributed by atoms with van der Waals surface area (Å²) in [6, 6.07) is 1.83. The van der Waals surface area contributed by atoms with E-state index in [9.17, 15) is 22.4 Å². The zero-order chi connectivity index (χ0) is 12.3. The van der Waals surface area contributed by atoms with E-state index in [-0.39, 0.29) is 0 Å². The molecule has 0 radical (unpaired) electrons. The molecule has 0 amide bonds. The van der Waals surface area contributed by atoms with Gasteiger partial charge in [0.25, 0.3) is 0 Å². The number of halogens is 4. The van der Waals surface area contributed by atoms with Crippen LogP contribution in [0.5, 0.6) is 5.75 Å². The SMILES string of the molecule is COC(=O)Oc1ccc(F)c(C(F)(F)F)c1. The first-order chi connectivity index (χ1) is 7.34. The molecule has 0 spiro atoms. The van der Waals surface area contributed by atoms with E-state index < -0.39 is 29.5 Å². The minimum absolute atomic E-state index is 0.381. The van der Waals surface area contributed by atoms with Gasteiger partial charge >= 0.3 is 12.3 Å². The largest absolute Gasteiger partial charge is 0.513 e. The maximum absolute atomic E-state index is 12.8. The molecule has 0 unspecified atom stereocenters. The number of methoxy groups -OCH3 is 1. The monoisotopic (exact) mass is 238 g/mol. The normalized spacial score (nSPS) is 11.1. The first-order valence-electron chi connectivity index (χ1n) is 3.97. The lowest BCUT2D eigenvalue weighted by Gasteiger charge is -2.09. The second kappa shape index (κ2) is 4.38. The third-order valence-corrected chi connectivity index (χ3v) is 1.61. The predicted octanol–water partition coefficient (Wildman–Crippen LogP) is 2.99. The molecule has 0 N–H and O–H groups in total. The molecule has 0 atom stereocenters. The van der Waals surface area contributed by atoms with E-state index in [2.05, 4.69) is 9.47 Å². The van der Waals surface area contributed by atoms with E-state index in [1.807, 2.05) is 0 Å². The van der Waals surface area contributed by atoms with Gasteiger partial charge in [0.1, 0.15) is 11.6 Å². The Hall–Kier alpha value is -1.79. The molecule has 3 nitrogen and oxygen atoms in total. The van der Waals surface area contributed by atoms with Crippen LogP contribution in [0.25, 0.3) is 0 Å². The van der Waals surface area contributed by atoms with Crippen LogP contribution in [0.4, 0.5) is 22.4 Å². The van der Waals surface area contributed by atoms with Crippen LogP contribution < -0.4 is 4.74 Å². The van der Waals surface area contributed by atoms with Gasteiger partial charge in [0.05, 0.1) is 12.7 Å². The molecule has 1 aromatic carbocycles. The van der Waals surface area contributed by atoms with Crippen LogP contribution in [0.1, 0.15) is 5.56 Å². The van der Waals surface area contributed by atoms with Crippen molar-refractivity contribution in [2.75, 3.05) is 7.11 Å². The van der Waals surface area contributed by atoms with Crippen LogP contribution in [-0.4, -0.2) is 13.3 Å². The Bertz CT molecular complexity index is 400. The zero-order valence-electron chi connectivity index (χ0n) is 7.97. The summed E-state index contributed by atoms with van der Waals surface area (Å²) in [5, 5.41) is 0. The van der Waals surface area contributed by atoms with Crippen molar-refractivity contribution in [1.82, 2.24) is 0 Å². The number of ether oxygens (including phenoxy) is 2. The Morgan fingerprint density at radius 1 is 1.31 bits per heavy atom. The van der Waals surface area contributed by atoms with Crippen molar-refractivity contribution in [1.29, 1.82) is 0 Å². The van der Waals surface area contributed by atoms with Gasteiger partial charge in [-0.3, -0.25) is 0 Å². The summed E-state index contributed by atoms with van der Waals surface area (Å²) < 4.78 is 57.9. The minimum Gasteiger partial charge on any atom is -0.437 e. The number of hydrogen-bond donors (Lipinski definition) is 0. The topological polar surface area (TPSA) is 35.5 Å². The predicted molar refractivity (Wildman–Crippen MR) is 44.4 cm³/mol. The van der Waals surface area contributed by atoms with Crippen molar-refractivity contribution < 1.29 is 31.8 Å². The molecule has 0 bridgehead atoms. The summed E-state index contributed by atoms with van der Waals surface area (Å²) in [6.45, 7) is 0. The molecule has 7 heteroatoms. The summed E-state index contributed by atoms with van der Waals surface area (Å²) in [5.74, 6) is -1.88.